The van der Waals surface area contributed by atoms with Gasteiger partial charge in [0, 0.05) is 25.5 Å². The predicted octanol–water partition coefficient (Wildman–Crippen LogP) is 5.09. The fraction of sp³-hybridized carbons (Fsp3) is 0.516. The van der Waals surface area contributed by atoms with Crippen molar-refractivity contribution in [1.82, 2.24) is 4.90 Å². The van der Waals surface area contributed by atoms with E-state index in [2.05, 4.69) is 33.9 Å². The van der Waals surface area contributed by atoms with Crippen LogP contribution >= 0.6 is 0 Å². The maximum Gasteiger partial charge on any atom is 0.342 e. The fourth-order valence-corrected chi connectivity index (χ4v) is 5.70. The number of carbonyl (C=O) groups is 3. The van der Waals surface area contributed by atoms with E-state index in [1.165, 1.54) is 52.4 Å². The fourth-order valence-electron chi connectivity index (χ4n) is 4.66. The first-order chi connectivity index (χ1) is 22.7. The Morgan fingerprint density at radius 1 is 0.857 bits per heavy atom. The van der Waals surface area contributed by atoms with Crippen LogP contribution in [0.2, 0.25) is 18.1 Å². The lowest BCUT2D eigenvalue weighted by molar-refractivity contribution is -0.385. The van der Waals surface area contributed by atoms with Crippen LogP contribution in [0.5, 0.6) is 23.0 Å². The number of esters is 1. The average Bonchev–Trinajstić information content (AvgIpc) is 3.43. The van der Waals surface area contributed by atoms with Gasteiger partial charge in [-0.1, -0.05) is 20.8 Å². The molecule has 3 rings (SSSR count). The molecule has 0 unspecified atom stereocenters. The molecule has 1 amide bonds. The van der Waals surface area contributed by atoms with E-state index in [0.717, 1.165) is 12.1 Å². The molecule has 17 nitrogen and oxygen atoms in total. The van der Waals surface area contributed by atoms with Gasteiger partial charge >= 0.3 is 11.9 Å². The summed E-state index contributed by atoms with van der Waals surface area (Å²) in [5.74, 6) is -1.80. The first-order valence-electron chi connectivity index (χ1n) is 14.9. The van der Waals surface area contributed by atoms with E-state index in [-0.39, 0.29) is 46.8 Å². The zero-order valence-corrected chi connectivity index (χ0v) is 30.2. The molecule has 1 aliphatic rings. The second-order valence-corrected chi connectivity index (χ2v) is 17.2. The first-order valence-corrected chi connectivity index (χ1v) is 17.8. The van der Waals surface area contributed by atoms with Crippen molar-refractivity contribution in [3.63, 3.8) is 0 Å². The van der Waals surface area contributed by atoms with Crippen LogP contribution in [0.1, 0.15) is 54.8 Å². The van der Waals surface area contributed by atoms with Crippen LogP contribution in [0.25, 0.3) is 0 Å². The molecule has 270 valence electrons. The van der Waals surface area contributed by atoms with Crippen LogP contribution < -0.4 is 18.9 Å². The Bertz CT molecular complexity index is 1530. The zero-order chi connectivity index (χ0) is 37.4. The smallest absolute Gasteiger partial charge is 0.342 e. The number of nitro groups is 2. The normalized spacial score (nSPS) is 15.8. The Morgan fingerprint density at radius 2 is 1.29 bits per heavy atom. The lowest BCUT2D eigenvalue weighted by atomic mass is 10.1. The van der Waals surface area contributed by atoms with Crippen molar-refractivity contribution in [3.8, 4) is 23.0 Å². The Balaban J connectivity index is 0.000000435. The van der Waals surface area contributed by atoms with Gasteiger partial charge in [0.2, 0.25) is 0 Å². The summed E-state index contributed by atoms with van der Waals surface area (Å²) in [6.07, 6.45) is -0.125. The lowest BCUT2D eigenvalue weighted by Gasteiger charge is -2.37. The van der Waals surface area contributed by atoms with Gasteiger partial charge in [-0.25, -0.2) is 4.79 Å². The summed E-state index contributed by atoms with van der Waals surface area (Å²) >= 11 is 0. The van der Waals surface area contributed by atoms with Crippen molar-refractivity contribution in [1.29, 1.82) is 0 Å². The molecule has 2 aromatic carbocycles. The van der Waals surface area contributed by atoms with Crippen molar-refractivity contribution in [2.75, 3.05) is 41.6 Å². The monoisotopic (exact) mass is 709 g/mol. The summed E-state index contributed by atoms with van der Waals surface area (Å²) in [4.78, 5) is 58.3. The van der Waals surface area contributed by atoms with E-state index in [9.17, 15) is 34.6 Å². The molecule has 0 aromatic heterocycles. The molecule has 1 heterocycles. The van der Waals surface area contributed by atoms with E-state index in [4.69, 9.17) is 33.2 Å². The van der Waals surface area contributed by atoms with Crippen molar-refractivity contribution < 1.29 is 57.4 Å². The summed E-state index contributed by atoms with van der Waals surface area (Å²) in [7, 11) is 3.26. The van der Waals surface area contributed by atoms with Crippen LogP contribution in [0.3, 0.4) is 0 Å². The number of likely N-dealkylation sites (tertiary alicyclic amines) is 1. The molecule has 2 aromatic rings. The Kier molecular flexibility index (Phi) is 13.5. The number of nitrogens with zero attached hydrogens (tertiary/aromatic N) is 3. The minimum atomic E-state index is -2.12. The second-order valence-electron chi connectivity index (χ2n) is 12.4. The van der Waals surface area contributed by atoms with Gasteiger partial charge in [0.1, 0.15) is 17.2 Å². The number of methoxy groups -OCH3 is 4. The number of carboxylic acid groups (broad SMARTS) is 1. The lowest BCUT2D eigenvalue weighted by Crippen LogP contribution is -2.46. The van der Waals surface area contributed by atoms with Gasteiger partial charge in [0.25, 0.3) is 17.3 Å². The largest absolute Gasteiger partial charge is 0.493 e. The molecule has 0 radical (unpaired) electrons. The number of aromatic carboxylic acids is 1. The summed E-state index contributed by atoms with van der Waals surface area (Å²) in [5, 5.41) is 31.1. The molecule has 0 bridgehead atoms. The summed E-state index contributed by atoms with van der Waals surface area (Å²) in [5.41, 5.74) is -1.50. The van der Waals surface area contributed by atoms with Crippen LogP contribution in [0.15, 0.2) is 24.3 Å². The van der Waals surface area contributed by atoms with Crippen LogP contribution in [-0.4, -0.2) is 99.8 Å². The molecule has 0 spiro atoms. The van der Waals surface area contributed by atoms with Gasteiger partial charge in [-0.2, -0.15) is 0 Å². The van der Waals surface area contributed by atoms with Crippen molar-refractivity contribution in [2.24, 2.45) is 0 Å². The number of hydrogen-bond acceptors (Lipinski definition) is 13. The molecule has 49 heavy (non-hydrogen) atoms. The summed E-state index contributed by atoms with van der Waals surface area (Å²) in [6, 6.07) is 4.15. The van der Waals surface area contributed by atoms with Gasteiger partial charge in [-0.3, -0.25) is 29.8 Å². The number of nitro benzene ring substituents is 2. The van der Waals surface area contributed by atoms with E-state index < -0.39 is 65.1 Å². The maximum absolute atomic E-state index is 13.5. The Morgan fingerprint density at radius 3 is 1.67 bits per heavy atom. The van der Waals surface area contributed by atoms with Gasteiger partial charge in [-0.05, 0) is 18.1 Å². The zero-order valence-electron chi connectivity index (χ0n) is 29.2. The molecule has 0 aliphatic carbocycles. The van der Waals surface area contributed by atoms with Gasteiger partial charge in [0.15, 0.2) is 31.3 Å². The third-order valence-corrected chi connectivity index (χ3v) is 12.8. The topological polar surface area (TPSA) is 216 Å². The minimum Gasteiger partial charge on any atom is -0.493 e. The molecular weight excluding hydrogens is 666 g/mol. The molecule has 2 atom stereocenters. The third kappa shape index (κ3) is 9.79. The molecule has 1 saturated heterocycles. The molecule has 1 aliphatic heterocycles. The number of carbonyl (C=O) groups excluding carboxylic acids is 2. The Labute approximate surface area is 284 Å². The summed E-state index contributed by atoms with van der Waals surface area (Å²) in [6.45, 7) is 12.2. The first kappa shape index (κ1) is 40.2. The number of ether oxygens (including phenoxy) is 5. The highest BCUT2D eigenvalue weighted by Crippen LogP contribution is 2.39. The number of amides is 1. The third-order valence-electron chi connectivity index (χ3n) is 8.27. The quantitative estimate of drug-likeness (QED) is 0.131. The molecule has 1 N–H and O–H groups in total. The second kappa shape index (κ2) is 16.4. The molecule has 1 fully saturated rings. The van der Waals surface area contributed by atoms with Crippen molar-refractivity contribution >= 4 is 37.5 Å². The maximum atomic E-state index is 13.5. The van der Waals surface area contributed by atoms with E-state index in [0.29, 0.717) is 6.42 Å². The number of benzene rings is 2. The summed E-state index contributed by atoms with van der Waals surface area (Å²) < 4.78 is 31.8. The van der Waals surface area contributed by atoms with Crippen LogP contribution in [-0.2, 0) is 14.0 Å². The SMILES string of the molecule is COc1cc(C(=O)N2C[C@H](OC(C)=O)C[C@H]2CO[Si](C)(C)C(C)(C)C)c([N+](=O)[O-])cc1OC.COc1cc(C(=O)O)c([N+](=O)[O-])cc1OC. The minimum absolute atomic E-state index is 0.0299. The van der Waals surface area contributed by atoms with Crippen LogP contribution in [0, 0.1) is 20.2 Å². The standard InChI is InChI=1S/C22H34N2O8Si.C9H9NO6/c1-14(25)32-16-9-15(13-31-33(7,8)22(2,3)4)23(12-16)21(26)17-10-19(29-5)20(30-6)11-18(17)24(27)28;1-15-7-3-5(9(11)12)6(10(13)14)4-8(7)16-2/h10-11,15-16H,9,12-13H2,1-8H3;3-4H,1-2H3,(H,11,12)/t15-,16+;/m0./s1. The molecule has 18 heteroatoms. The van der Waals surface area contributed by atoms with E-state index in [1.54, 1.807) is 0 Å². The molecule has 0 saturated carbocycles. The molecular formula is C31H43N3O14Si. The highest BCUT2D eigenvalue weighted by Gasteiger charge is 2.43. The Hall–Kier alpha value is -4.97. The highest BCUT2D eigenvalue weighted by molar-refractivity contribution is 6.74. The van der Waals surface area contributed by atoms with Crippen molar-refractivity contribution in [3.05, 3.63) is 55.6 Å². The predicted molar refractivity (Wildman–Crippen MR) is 178 cm³/mol. The van der Waals surface area contributed by atoms with E-state index in [1.807, 2.05) is 0 Å². The van der Waals surface area contributed by atoms with Gasteiger partial charge < -0.3 is 38.1 Å². The number of hydrogen-bond donors (Lipinski definition) is 1. The van der Waals surface area contributed by atoms with Gasteiger partial charge in [0.05, 0.1) is 69.6 Å². The number of carboxylic acids is 1. The van der Waals surface area contributed by atoms with Crippen molar-refractivity contribution in [2.45, 2.75) is 64.4 Å². The van der Waals surface area contributed by atoms with Gasteiger partial charge in [-0.15, -0.1) is 0 Å². The number of rotatable bonds is 12. The highest BCUT2D eigenvalue weighted by atomic mass is 28.4. The average molecular weight is 710 g/mol. The van der Waals surface area contributed by atoms with E-state index >= 15 is 0 Å². The van der Waals surface area contributed by atoms with Crippen LogP contribution in [0.4, 0.5) is 11.4 Å².